The van der Waals surface area contributed by atoms with Crippen LogP contribution in [0.15, 0.2) is 53.0 Å². The largest absolute Gasteiger partial charge is 0.388 e. The van der Waals surface area contributed by atoms with Crippen molar-refractivity contribution in [1.82, 2.24) is 0 Å². The second-order valence-corrected chi connectivity index (χ2v) is 4.58. The Bertz CT molecular complexity index is 534. The zero-order valence-electron chi connectivity index (χ0n) is 9.41. The lowest BCUT2D eigenvalue weighted by Crippen LogP contribution is -2.01. The molecule has 2 aromatic rings. The van der Waals surface area contributed by atoms with E-state index in [1.807, 2.05) is 55.6 Å². The van der Waals surface area contributed by atoms with E-state index in [9.17, 15) is 4.79 Å². The molecule has 1 N–H and O–H groups in total. The fraction of sp³-hybridized carbons (Fsp3) is 0.0714. The maximum atomic E-state index is 12.2. The number of hydrogen-bond donors (Lipinski definition) is 1. The third-order valence-electron chi connectivity index (χ3n) is 2.52. The van der Waals surface area contributed by atoms with Crippen molar-refractivity contribution in [3.63, 3.8) is 0 Å². The number of anilines is 1. The summed E-state index contributed by atoms with van der Waals surface area (Å²) < 4.78 is 0.912. The summed E-state index contributed by atoms with van der Waals surface area (Å²) in [6.45, 7) is 0. The van der Waals surface area contributed by atoms with Gasteiger partial charge in [0.15, 0.2) is 5.78 Å². The summed E-state index contributed by atoms with van der Waals surface area (Å²) in [6, 6.07) is 14.9. The van der Waals surface area contributed by atoms with Crippen molar-refractivity contribution < 1.29 is 4.79 Å². The zero-order valence-corrected chi connectivity index (χ0v) is 11.0. The Morgan fingerprint density at radius 3 is 2.35 bits per heavy atom. The highest BCUT2D eigenvalue weighted by molar-refractivity contribution is 9.10. The lowest BCUT2D eigenvalue weighted by Gasteiger charge is -2.03. The van der Waals surface area contributed by atoms with Crippen LogP contribution in [0, 0.1) is 0 Å². The van der Waals surface area contributed by atoms with Crippen molar-refractivity contribution in [3.05, 3.63) is 64.1 Å². The average Bonchev–Trinajstić information content (AvgIpc) is 2.38. The molecule has 0 bridgehead atoms. The highest BCUT2D eigenvalue weighted by Gasteiger charge is 2.08. The van der Waals surface area contributed by atoms with E-state index in [-0.39, 0.29) is 5.78 Å². The van der Waals surface area contributed by atoms with Gasteiger partial charge in [-0.25, -0.2) is 0 Å². The smallest absolute Gasteiger partial charge is 0.193 e. The number of rotatable bonds is 3. The molecule has 0 aliphatic rings. The van der Waals surface area contributed by atoms with Gasteiger partial charge in [0, 0.05) is 28.3 Å². The molecule has 0 spiro atoms. The molecule has 0 radical (unpaired) electrons. The van der Waals surface area contributed by atoms with Crippen molar-refractivity contribution in [3.8, 4) is 0 Å². The van der Waals surface area contributed by atoms with E-state index in [0.717, 1.165) is 10.2 Å². The summed E-state index contributed by atoms with van der Waals surface area (Å²) in [5, 5.41) is 3.02. The summed E-state index contributed by atoms with van der Waals surface area (Å²) in [5.74, 6) is 0.0361. The van der Waals surface area contributed by atoms with Gasteiger partial charge in [0.2, 0.25) is 0 Å². The topological polar surface area (TPSA) is 29.1 Å². The normalized spacial score (nSPS) is 10.0. The maximum absolute atomic E-state index is 12.2. The number of carbonyl (C=O) groups is 1. The van der Waals surface area contributed by atoms with Crippen molar-refractivity contribution in [2.75, 3.05) is 12.4 Å². The minimum Gasteiger partial charge on any atom is -0.388 e. The molecule has 0 heterocycles. The second kappa shape index (κ2) is 5.15. The molecule has 2 rings (SSSR count). The van der Waals surface area contributed by atoms with E-state index >= 15 is 0 Å². The maximum Gasteiger partial charge on any atom is 0.193 e. The van der Waals surface area contributed by atoms with Crippen molar-refractivity contribution >= 4 is 27.4 Å². The zero-order chi connectivity index (χ0) is 12.3. The number of benzene rings is 2. The van der Waals surface area contributed by atoms with Crippen LogP contribution in [0.2, 0.25) is 0 Å². The summed E-state index contributed by atoms with van der Waals surface area (Å²) >= 11 is 3.36. The summed E-state index contributed by atoms with van der Waals surface area (Å²) in [7, 11) is 1.85. The van der Waals surface area contributed by atoms with Crippen LogP contribution in [0.4, 0.5) is 5.69 Å². The lowest BCUT2D eigenvalue weighted by molar-refractivity contribution is 0.103. The first-order chi connectivity index (χ1) is 8.20. The van der Waals surface area contributed by atoms with Gasteiger partial charge in [-0.3, -0.25) is 4.79 Å². The number of ketones is 1. The molecular formula is C14H12BrNO. The molecule has 0 amide bonds. The van der Waals surface area contributed by atoms with Crippen LogP contribution in [0.1, 0.15) is 15.9 Å². The van der Waals surface area contributed by atoms with Gasteiger partial charge in [-0.15, -0.1) is 0 Å². The van der Waals surface area contributed by atoms with Crippen molar-refractivity contribution in [1.29, 1.82) is 0 Å². The molecule has 0 aliphatic heterocycles. The Kier molecular flexibility index (Phi) is 3.59. The van der Waals surface area contributed by atoms with E-state index in [1.165, 1.54) is 0 Å². The molecule has 0 atom stereocenters. The van der Waals surface area contributed by atoms with E-state index < -0.39 is 0 Å². The Morgan fingerprint density at radius 2 is 1.76 bits per heavy atom. The molecule has 3 heteroatoms. The van der Waals surface area contributed by atoms with Crippen molar-refractivity contribution in [2.24, 2.45) is 0 Å². The third-order valence-corrected chi connectivity index (χ3v) is 3.02. The van der Waals surface area contributed by atoms with Gasteiger partial charge in [0.1, 0.15) is 0 Å². The molecule has 0 saturated carbocycles. The number of hydrogen-bond acceptors (Lipinski definition) is 2. The van der Waals surface area contributed by atoms with E-state index in [2.05, 4.69) is 21.2 Å². The second-order valence-electron chi connectivity index (χ2n) is 3.67. The summed E-state index contributed by atoms with van der Waals surface area (Å²) in [4.78, 5) is 12.2. The van der Waals surface area contributed by atoms with Crippen LogP contribution in [-0.2, 0) is 0 Å². The average molecular weight is 290 g/mol. The molecule has 0 aromatic heterocycles. The van der Waals surface area contributed by atoms with Gasteiger partial charge in [0.25, 0.3) is 0 Å². The van der Waals surface area contributed by atoms with Crippen LogP contribution >= 0.6 is 15.9 Å². The van der Waals surface area contributed by atoms with Gasteiger partial charge in [0.05, 0.1) is 0 Å². The quantitative estimate of drug-likeness (QED) is 0.873. The summed E-state index contributed by atoms with van der Waals surface area (Å²) in [5.41, 5.74) is 2.38. The van der Waals surface area contributed by atoms with Gasteiger partial charge in [-0.2, -0.15) is 0 Å². The first-order valence-electron chi connectivity index (χ1n) is 5.29. The Morgan fingerprint density at radius 1 is 1.06 bits per heavy atom. The molecule has 2 aromatic carbocycles. The van der Waals surface area contributed by atoms with Crippen LogP contribution < -0.4 is 5.32 Å². The van der Waals surface area contributed by atoms with Crippen molar-refractivity contribution in [2.45, 2.75) is 0 Å². The number of carbonyl (C=O) groups excluding carboxylic acids is 1. The SMILES string of the molecule is CNc1ccc(C(=O)c2cccc(Br)c2)cc1. The minimum absolute atomic E-state index is 0.0361. The molecule has 2 nitrogen and oxygen atoms in total. The highest BCUT2D eigenvalue weighted by Crippen LogP contribution is 2.16. The van der Waals surface area contributed by atoms with Crippen LogP contribution in [-0.4, -0.2) is 12.8 Å². The van der Waals surface area contributed by atoms with Crippen LogP contribution in [0.25, 0.3) is 0 Å². The van der Waals surface area contributed by atoms with Crippen LogP contribution in [0.5, 0.6) is 0 Å². The monoisotopic (exact) mass is 289 g/mol. The van der Waals surface area contributed by atoms with Gasteiger partial charge >= 0.3 is 0 Å². The van der Waals surface area contributed by atoms with Crippen LogP contribution in [0.3, 0.4) is 0 Å². The minimum atomic E-state index is 0.0361. The first kappa shape index (κ1) is 11.9. The third kappa shape index (κ3) is 2.74. The molecule has 86 valence electrons. The molecule has 0 unspecified atom stereocenters. The van der Waals surface area contributed by atoms with Gasteiger partial charge in [-0.1, -0.05) is 28.1 Å². The standard InChI is InChI=1S/C14H12BrNO/c1-16-13-7-5-10(6-8-13)14(17)11-3-2-4-12(15)9-11/h2-9,16H,1H3. The Hall–Kier alpha value is -1.61. The first-order valence-corrected chi connectivity index (χ1v) is 6.08. The van der Waals surface area contributed by atoms with E-state index in [0.29, 0.717) is 11.1 Å². The molecular weight excluding hydrogens is 278 g/mol. The summed E-state index contributed by atoms with van der Waals surface area (Å²) in [6.07, 6.45) is 0. The fourth-order valence-electron chi connectivity index (χ4n) is 1.58. The van der Waals surface area contributed by atoms with Gasteiger partial charge in [-0.05, 0) is 36.4 Å². The molecule has 17 heavy (non-hydrogen) atoms. The molecule has 0 aliphatic carbocycles. The fourth-order valence-corrected chi connectivity index (χ4v) is 1.98. The number of halogens is 1. The predicted molar refractivity (Wildman–Crippen MR) is 73.6 cm³/mol. The van der Waals surface area contributed by atoms with E-state index in [1.54, 1.807) is 0 Å². The highest BCUT2D eigenvalue weighted by atomic mass is 79.9. The Balaban J connectivity index is 2.30. The van der Waals surface area contributed by atoms with Gasteiger partial charge < -0.3 is 5.32 Å². The van der Waals surface area contributed by atoms with E-state index in [4.69, 9.17) is 0 Å². The lowest BCUT2D eigenvalue weighted by atomic mass is 10.0. The molecule has 0 fully saturated rings. The predicted octanol–water partition coefficient (Wildman–Crippen LogP) is 3.72. The number of nitrogens with one attached hydrogen (secondary N) is 1. The molecule has 0 saturated heterocycles. The Labute approximate surface area is 109 Å².